The SMILES string of the molecule is COC(=O)C(C)(Cc1ccc(C(C)(C)C)cc1)C(=O)OC. The number of methoxy groups -OCH3 is 2. The summed E-state index contributed by atoms with van der Waals surface area (Å²) in [7, 11) is 2.54. The third-order valence-corrected chi connectivity index (χ3v) is 3.65. The van der Waals surface area contributed by atoms with Crippen molar-refractivity contribution in [2.75, 3.05) is 14.2 Å². The van der Waals surface area contributed by atoms with Crippen LogP contribution < -0.4 is 0 Å². The van der Waals surface area contributed by atoms with Gasteiger partial charge in [0.15, 0.2) is 5.41 Å². The van der Waals surface area contributed by atoms with Crippen LogP contribution in [0, 0.1) is 5.41 Å². The lowest BCUT2D eigenvalue weighted by molar-refractivity contribution is -0.167. The quantitative estimate of drug-likeness (QED) is 0.632. The number of hydrogen-bond acceptors (Lipinski definition) is 4. The Morgan fingerprint density at radius 2 is 1.33 bits per heavy atom. The maximum atomic E-state index is 11.9. The van der Waals surface area contributed by atoms with Gasteiger partial charge in [0, 0.05) is 0 Å². The summed E-state index contributed by atoms with van der Waals surface area (Å²) in [4.78, 5) is 23.9. The van der Waals surface area contributed by atoms with Crippen molar-refractivity contribution in [2.24, 2.45) is 5.41 Å². The fourth-order valence-electron chi connectivity index (χ4n) is 2.21. The van der Waals surface area contributed by atoms with Crippen LogP contribution in [0.4, 0.5) is 0 Å². The molecule has 0 aromatic heterocycles. The predicted octanol–water partition coefficient (Wildman–Crippen LogP) is 2.88. The van der Waals surface area contributed by atoms with Gasteiger partial charge < -0.3 is 9.47 Å². The first kappa shape index (κ1) is 17.2. The van der Waals surface area contributed by atoms with Crippen LogP contribution in [-0.4, -0.2) is 26.2 Å². The van der Waals surface area contributed by atoms with Crippen LogP contribution in [-0.2, 0) is 30.9 Å². The molecule has 0 bridgehead atoms. The monoisotopic (exact) mass is 292 g/mol. The Morgan fingerprint density at radius 3 is 1.67 bits per heavy atom. The highest BCUT2D eigenvalue weighted by Crippen LogP contribution is 2.28. The molecule has 0 unspecified atom stereocenters. The summed E-state index contributed by atoms with van der Waals surface area (Å²) in [6.45, 7) is 7.95. The molecule has 0 aliphatic heterocycles. The second kappa shape index (κ2) is 6.29. The van der Waals surface area contributed by atoms with Crippen molar-refractivity contribution in [1.82, 2.24) is 0 Å². The van der Waals surface area contributed by atoms with Crippen LogP contribution >= 0.6 is 0 Å². The second-order valence-corrected chi connectivity index (χ2v) is 6.44. The van der Waals surface area contributed by atoms with E-state index in [1.807, 2.05) is 24.3 Å². The van der Waals surface area contributed by atoms with Gasteiger partial charge in [-0.1, -0.05) is 45.0 Å². The maximum Gasteiger partial charge on any atom is 0.323 e. The Labute approximate surface area is 126 Å². The van der Waals surface area contributed by atoms with E-state index in [0.29, 0.717) is 0 Å². The molecule has 4 nitrogen and oxygen atoms in total. The fraction of sp³-hybridized carbons (Fsp3) is 0.529. The minimum Gasteiger partial charge on any atom is -0.468 e. The van der Waals surface area contributed by atoms with E-state index in [4.69, 9.17) is 9.47 Å². The minimum atomic E-state index is -1.33. The smallest absolute Gasteiger partial charge is 0.323 e. The number of carbonyl (C=O) groups excluding carboxylic acids is 2. The molecule has 0 spiro atoms. The highest BCUT2D eigenvalue weighted by atomic mass is 16.5. The van der Waals surface area contributed by atoms with E-state index in [2.05, 4.69) is 20.8 Å². The van der Waals surface area contributed by atoms with E-state index in [9.17, 15) is 9.59 Å². The van der Waals surface area contributed by atoms with Crippen molar-refractivity contribution >= 4 is 11.9 Å². The zero-order valence-corrected chi connectivity index (χ0v) is 13.6. The summed E-state index contributed by atoms with van der Waals surface area (Å²) in [5.74, 6) is -1.18. The van der Waals surface area contributed by atoms with Crippen molar-refractivity contribution in [3.05, 3.63) is 35.4 Å². The molecular formula is C17H24O4. The number of carbonyl (C=O) groups is 2. The second-order valence-electron chi connectivity index (χ2n) is 6.44. The molecule has 0 amide bonds. The predicted molar refractivity (Wildman–Crippen MR) is 81.0 cm³/mol. The normalized spacial score (nSPS) is 11.9. The molecule has 1 aromatic rings. The summed E-state index contributed by atoms with van der Waals surface area (Å²) < 4.78 is 9.50. The van der Waals surface area contributed by atoms with Gasteiger partial charge in [0.05, 0.1) is 14.2 Å². The highest BCUT2D eigenvalue weighted by Gasteiger charge is 2.43. The van der Waals surface area contributed by atoms with E-state index >= 15 is 0 Å². The van der Waals surface area contributed by atoms with Crippen molar-refractivity contribution in [3.8, 4) is 0 Å². The van der Waals surface area contributed by atoms with Gasteiger partial charge in [-0.05, 0) is 29.9 Å². The molecule has 0 N–H and O–H groups in total. The number of esters is 2. The van der Waals surface area contributed by atoms with Gasteiger partial charge in [-0.2, -0.15) is 0 Å². The average molecular weight is 292 g/mol. The Morgan fingerprint density at radius 1 is 0.905 bits per heavy atom. The van der Waals surface area contributed by atoms with Crippen molar-refractivity contribution in [2.45, 2.75) is 39.5 Å². The van der Waals surface area contributed by atoms with Crippen molar-refractivity contribution < 1.29 is 19.1 Å². The molecule has 0 aliphatic carbocycles. The molecular weight excluding hydrogens is 268 g/mol. The van der Waals surface area contributed by atoms with Gasteiger partial charge in [0.25, 0.3) is 0 Å². The molecule has 1 rings (SSSR count). The van der Waals surface area contributed by atoms with E-state index in [-0.39, 0.29) is 11.8 Å². The summed E-state index contributed by atoms with van der Waals surface area (Å²) in [5.41, 5.74) is 0.824. The van der Waals surface area contributed by atoms with Gasteiger partial charge in [-0.15, -0.1) is 0 Å². The third-order valence-electron chi connectivity index (χ3n) is 3.65. The zero-order chi connectivity index (χ0) is 16.3. The van der Waals surface area contributed by atoms with Crippen LogP contribution in [0.2, 0.25) is 0 Å². The Balaban J connectivity index is 3.05. The minimum absolute atomic E-state index is 0.0620. The van der Waals surface area contributed by atoms with E-state index < -0.39 is 17.4 Å². The number of benzene rings is 1. The molecule has 0 atom stereocenters. The topological polar surface area (TPSA) is 52.6 Å². The standard InChI is InChI=1S/C17H24O4/c1-16(2,3)13-9-7-12(8-10-13)11-17(4,14(18)20-5)15(19)21-6/h7-10H,11H2,1-6H3. The highest BCUT2D eigenvalue weighted by molar-refractivity contribution is 5.99. The van der Waals surface area contributed by atoms with Gasteiger partial charge in [0.1, 0.15) is 0 Å². The first-order valence-electron chi connectivity index (χ1n) is 6.91. The van der Waals surface area contributed by atoms with E-state index in [0.717, 1.165) is 5.56 Å². The van der Waals surface area contributed by atoms with Crippen LogP contribution in [0.3, 0.4) is 0 Å². The summed E-state index contributed by atoms with van der Waals surface area (Å²) in [5, 5.41) is 0. The van der Waals surface area contributed by atoms with Crippen LogP contribution in [0.25, 0.3) is 0 Å². The van der Waals surface area contributed by atoms with Crippen molar-refractivity contribution in [1.29, 1.82) is 0 Å². The van der Waals surface area contributed by atoms with E-state index in [1.165, 1.54) is 19.8 Å². The molecule has 1 aromatic carbocycles. The molecule has 0 aliphatic rings. The van der Waals surface area contributed by atoms with Gasteiger partial charge >= 0.3 is 11.9 Å². The maximum absolute atomic E-state index is 11.9. The number of hydrogen-bond donors (Lipinski definition) is 0. The third kappa shape index (κ3) is 3.84. The molecule has 0 heterocycles. The largest absolute Gasteiger partial charge is 0.468 e. The number of ether oxygens (including phenoxy) is 2. The Bertz CT molecular complexity index is 493. The van der Waals surface area contributed by atoms with Gasteiger partial charge in [-0.3, -0.25) is 9.59 Å². The lowest BCUT2D eigenvalue weighted by Crippen LogP contribution is -2.40. The van der Waals surface area contributed by atoms with Gasteiger partial charge in [0.2, 0.25) is 0 Å². The molecule has 4 heteroatoms. The van der Waals surface area contributed by atoms with Crippen LogP contribution in [0.15, 0.2) is 24.3 Å². The first-order valence-corrected chi connectivity index (χ1v) is 6.91. The van der Waals surface area contributed by atoms with Crippen LogP contribution in [0.1, 0.15) is 38.8 Å². The summed E-state index contributed by atoms with van der Waals surface area (Å²) in [6, 6.07) is 7.91. The van der Waals surface area contributed by atoms with Gasteiger partial charge in [-0.25, -0.2) is 0 Å². The van der Waals surface area contributed by atoms with Crippen LogP contribution in [0.5, 0.6) is 0 Å². The molecule has 0 fully saturated rings. The average Bonchev–Trinajstić information content (AvgIpc) is 2.44. The lowest BCUT2D eigenvalue weighted by Gasteiger charge is -2.24. The molecule has 0 saturated carbocycles. The lowest BCUT2D eigenvalue weighted by atomic mass is 9.82. The molecule has 0 radical (unpaired) electrons. The molecule has 116 valence electrons. The Hall–Kier alpha value is -1.84. The van der Waals surface area contributed by atoms with Crippen molar-refractivity contribution in [3.63, 3.8) is 0 Å². The fourth-order valence-corrected chi connectivity index (χ4v) is 2.21. The molecule has 0 saturated heterocycles. The molecule has 21 heavy (non-hydrogen) atoms. The Kier molecular flexibility index (Phi) is 5.15. The summed E-state index contributed by atoms with van der Waals surface area (Å²) in [6.07, 6.45) is 0.247. The first-order chi connectivity index (χ1) is 9.65. The zero-order valence-electron chi connectivity index (χ0n) is 13.6. The number of rotatable bonds is 4. The summed E-state index contributed by atoms with van der Waals surface area (Å²) >= 11 is 0. The van der Waals surface area contributed by atoms with E-state index in [1.54, 1.807) is 6.92 Å².